The fourth-order valence-corrected chi connectivity index (χ4v) is 3.27. The number of amides is 2. The van der Waals surface area contributed by atoms with E-state index in [2.05, 4.69) is 17.4 Å². The Kier molecular flexibility index (Phi) is 5.65. The maximum absolute atomic E-state index is 12.9. The zero-order valence-electron chi connectivity index (χ0n) is 15.4. The van der Waals surface area contributed by atoms with Gasteiger partial charge in [0.2, 0.25) is 0 Å². The van der Waals surface area contributed by atoms with Crippen LogP contribution in [0, 0.1) is 0 Å². The van der Waals surface area contributed by atoms with E-state index in [9.17, 15) is 4.79 Å². The van der Waals surface area contributed by atoms with Crippen LogP contribution in [-0.4, -0.2) is 36.9 Å². The molecule has 0 spiro atoms. The van der Waals surface area contributed by atoms with Crippen LogP contribution in [0.15, 0.2) is 28.8 Å². The molecule has 1 aromatic carbocycles. The summed E-state index contributed by atoms with van der Waals surface area (Å²) in [5.41, 5.74) is 1.40. The maximum Gasteiger partial charge on any atom is 0.322 e. The third-order valence-electron chi connectivity index (χ3n) is 4.58. The molecule has 0 unspecified atom stereocenters. The highest BCUT2D eigenvalue weighted by molar-refractivity contribution is 5.91. The van der Waals surface area contributed by atoms with Crippen LogP contribution >= 0.6 is 0 Å². The number of anilines is 1. The summed E-state index contributed by atoms with van der Waals surface area (Å²) in [5.74, 6) is 2.10. The van der Waals surface area contributed by atoms with Gasteiger partial charge in [-0.1, -0.05) is 12.1 Å². The van der Waals surface area contributed by atoms with Crippen LogP contribution in [0.3, 0.4) is 0 Å². The lowest BCUT2D eigenvalue weighted by Gasteiger charge is -2.24. The molecule has 1 aromatic heterocycles. The number of hydrogen-bond donors (Lipinski definition) is 1. The minimum Gasteiger partial charge on any atom is -0.497 e. The molecule has 2 amide bonds. The van der Waals surface area contributed by atoms with Crippen molar-refractivity contribution < 1.29 is 18.8 Å². The number of ether oxygens (including phenoxy) is 2. The zero-order valence-corrected chi connectivity index (χ0v) is 15.4. The minimum absolute atomic E-state index is 0.0686. The van der Waals surface area contributed by atoms with E-state index in [0.717, 1.165) is 37.1 Å². The Morgan fingerprint density at radius 2 is 2.19 bits per heavy atom. The first kappa shape index (κ1) is 18.1. The van der Waals surface area contributed by atoms with Crippen LogP contribution in [0.25, 0.3) is 0 Å². The largest absolute Gasteiger partial charge is 0.497 e. The minimum atomic E-state index is -0.181. The summed E-state index contributed by atoms with van der Waals surface area (Å²) in [6, 6.07) is 7.02. The van der Waals surface area contributed by atoms with E-state index in [0.29, 0.717) is 23.7 Å². The van der Waals surface area contributed by atoms with Gasteiger partial charge in [-0.25, -0.2) is 4.79 Å². The monoisotopic (exact) mass is 359 g/mol. The Bertz CT molecular complexity index is 759. The zero-order chi connectivity index (χ0) is 18.5. The van der Waals surface area contributed by atoms with Crippen molar-refractivity contribution in [2.45, 2.75) is 38.6 Å². The van der Waals surface area contributed by atoms with Gasteiger partial charge in [0.05, 0.1) is 25.9 Å². The number of nitrogens with zero attached hydrogens (tertiary/aromatic N) is 2. The van der Waals surface area contributed by atoms with Gasteiger partial charge in [0, 0.05) is 25.1 Å². The number of benzene rings is 1. The molecule has 3 rings (SSSR count). The van der Waals surface area contributed by atoms with E-state index in [1.807, 2.05) is 6.07 Å². The first-order chi connectivity index (χ1) is 12.7. The highest BCUT2D eigenvalue weighted by Gasteiger charge is 2.32. The van der Waals surface area contributed by atoms with Crippen molar-refractivity contribution in [1.82, 2.24) is 10.1 Å². The molecule has 7 nitrogen and oxygen atoms in total. The molecule has 1 atom stereocenters. The number of methoxy groups -OCH3 is 2. The summed E-state index contributed by atoms with van der Waals surface area (Å²) in [7, 11) is 3.16. The summed E-state index contributed by atoms with van der Waals surface area (Å²) in [5, 5.41) is 7.11. The summed E-state index contributed by atoms with van der Waals surface area (Å²) >= 11 is 0. The predicted molar refractivity (Wildman–Crippen MR) is 97.7 cm³/mol. The summed E-state index contributed by atoms with van der Waals surface area (Å²) in [6.07, 6.45) is 3.66. The number of aryl methyl sites for hydroxylation is 1. The van der Waals surface area contributed by atoms with E-state index in [1.54, 1.807) is 37.3 Å². The van der Waals surface area contributed by atoms with Gasteiger partial charge >= 0.3 is 6.03 Å². The van der Waals surface area contributed by atoms with Crippen molar-refractivity contribution >= 4 is 11.7 Å². The van der Waals surface area contributed by atoms with E-state index in [4.69, 9.17) is 14.0 Å². The lowest BCUT2D eigenvalue weighted by atomic mass is 10.1. The SMILES string of the molecule is CCCc1cc([C@H]2CCCN2C(=O)Nc2cc(OC)ccc2OC)no1. The molecule has 1 aliphatic rings. The molecule has 140 valence electrons. The molecular weight excluding hydrogens is 334 g/mol. The van der Waals surface area contributed by atoms with Crippen LogP contribution in [0.4, 0.5) is 10.5 Å². The van der Waals surface area contributed by atoms with Crippen molar-refractivity contribution in [3.8, 4) is 11.5 Å². The maximum atomic E-state index is 12.9. The fraction of sp³-hybridized carbons (Fsp3) is 0.474. The van der Waals surface area contributed by atoms with Gasteiger partial charge in [-0.05, 0) is 31.4 Å². The van der Waals surface area contributed by atoms with Crippen molar-refractivity contribution in [3.05, 3.63) is 35.7 Å². The Morgan fingerprint density at radius 3 is 2.92 bits per heavy atom. The smallest absolute Gasteiger partial charge is 0.322 e. The quantitative estimate of drug-likeness (QED) is 0.843. The number of likely N-dealkylation sites (tertiary alicyclic amines) is 1. The predicted octanol–water partition coefficient (Wildman–Crippen LogP) is 4.01. The van der Waals surface area contributed by atoms with Crippen molar-refractivity contribution in [2.24, 2.45) is 0 Å². The molecule has 0 bridgehead atoms. The second-order valence-corrected chi connectivity index (χ2v) is 6.32. The van der Waals surface area contributed by atoms with Crippen LogP contribution in [0.1, 0.15) is 43.7 Å². The molecular formula is C19H25N3O4. The number of aromatic nitrogens is 1. The van der Waals surface area contributed by atoms with Crippen LogP contribution in [0.2, 0.25) is 0 Å². The van der Waals surface area contributed by atoms with Gasteiger partial charge in [0.25, 0.3) is 0 Å². The number of rotatable bonds is 6. The molecule has 0 aliphatic carbocycles. The van der Waals surface area contributed by atoms with E-state index < -0.39 is 0 Å². The van der Waals surface area contributed by atoms with Gasteiger partial charge in [-0.2, -0.15) is 0 Å². The van der Waals surface area contributed by atoms with Crippen LogP contribution < -0.4 is 14.8 Å². The van der Waals surface area contributed by atoms with E-state index in [-0.39, 0.29) is 12.1 Å². The van der Waals surface area contributed by atoms with E-state index in [1.165, 1.54) is 0 Å². The number of carbonyl (C=O) groups is 1. The Labute approximate surface area is 153 Å². The Morgan fingerprint density at radius 1 is 1.35 bits per heavy atom. The lowest BCUT2D eigenvalue weighted by molar-refractivity contribution is 0.204. The molecule has 2 heterocycles. The third kappa shape index (κ3) is 3.76. The lowest BCUT2D eigenvalue weighted by Crippen LogP contribution is -2.34. The number of urea groups is 1. The normalized spacial score (nSPS) is 16.6. The van der Waals surface area contributed by atoms with Crippen LogP contribution in [-0.2, 0) is 6.42 Å². The number of carbonyl (C=O) groups excluding carboxylic acids is 1. The van der Waals surface area contributed by atoms with Crippen LogP contribution in [0.5, 0.6) is 11.5 Å². The Balaban J connectivity index is 1.76. The summed E-state index contributed by atoms with van der Waals surface area (Å²) in [6.45, 7) is 2.78. The molecule has 1 aliphatic heterocycles. The highest BCUT2D eigenvalue weighted by atomic mass is 16.5. The summed E-state index contributed by atoms with van der Waals surface area (Å²) in [4.78, 5) is 14.7. The van der Waals surface area contributed by atoms with Crippen molar-refractivity contribution in [2.75, 3.05) is 26.1 Å². The summed E-state index contributed by atoms with van der Waals surface area (Å²) < 4.78 is 16.0. The van der Waals surface area contributed by atoms with Gasteiger partial charge in [-0.15, -0.1) is 0 Å². The fourth-order valence-electron chi connectivity index (χ4n) is 3.27. The first-order valence-corrected chi connectivity index (χ1v) is 8.91. The molecule has 1 N–H and O–H groups in total. The molecule has 7 heteroatoms. The molecule has 0 saturated carbocycles. The van der Waals surface area contributed by atoms with Crippen molar-refractivity contribution in [3.63, 3.8) is 0 Å². The number of nitrogens with one attached hydrogen (secondary N) is 1. The molecule has 26 heavy (non-hydrogen) atoms. The standard InChI is InChI=1S/C19H25N3O4/c1-4-6-14-12-15(21-26-14)17-7-5-10-22(17)19(23)20-16-11-13(24-2)8-9-18(16)25-3/h8-9,11-12,17H,4-7,10H2,1-3H3,(H,20,23)/t17-/m1/s1. The average Bonchev–Trinajstić information content (AvgIpc) is 3.31. The molecule has 1 fully saturated rings. The average molecular weight is 359 g/mol. The Hall–Kier alpha value is -2.70. The van der Waals surface area contributed by atoms with E-state index >= 15 is 0 Å². The molecule has 2 aromatic rings. The first-order valence-electron chi connectivity index (χ1n) is 8.91. The second kappa shape index (κ2) is 8.12. The molecule has 1 saturated heterocycles. The third-order valence-corrected chi connectivity index (χ3v) is 4.58. The van der Waals surface area contributed by atoms with Gasteiger partial charge in [-0.3, -0.25) is 0 Å². The van der Waals surface area contributed by atoms with Crippen molar-refractivity contribution in [1.29, 1.82) is 0 Å². The van der Waals surface area contributed by atoms with Gasteiger partial charge < -0.3 is 24.2 Å². The molecule has 0 radical (unpaired) electrons. The highest BCUT2D eigenvalue weighted by Crippen LogP contribution is 2.34. The topological polar surface area (TPSA) is 76.8 Å². The van der Waals surface area contributed by atoms with Gasteiger partial charge in [0.15, 0.2) is 0 Å². The second-order valence-electron chi connectivity index (χ2n) is 6.32. The number of hydrogen-bond acceptors (Lipinski definition) is 5. The van der Waals surface area contributed by atoms with Gasteiger partial charge in [0.1, 0.15) is 23.0 Å².